The van der Waals surface area contributed by atoms with Crippen LogP contribution in [0.15, 0.2) is 37.3 Å². The lowest BCUT2D eigenvalue weighted by molar-refractivity contribution is 0.0278. The first kappa shape index (κ1) is 15.4. The SMILES string of the molecule is C=COCC1(CC/C=C/OC2CC3CC2C2C=CCC32)CCC1. The van der Waals surface area contributed by atoms with Gasteiger partial charge in [-0.1, -0.05) is 25.2 Å². The van der Waals surface area contributed by atoms with Crippen molar-refractivity contribution in [3.63, 3.8) is 0 Å². The fourth-order valence-corrected chi connectivity index (χ4v) is 5.63. The number of rotatable bonds is 8. The summed E-state index contributed by atoms with van der Waals surface area (Å²) in [7, 11) is 0. The maximum Gasteiger partial charge on any atom is 0.101 e. The molecule has 0 aromatic rings. The summed E-state index contributed by atoms with van der Waals surface area (Å²) in [6, 6.07) is 0. The smallest absolute Gasteiger partial charge is 0.101 e. The third-order valence-corrected chi connectivity index (χ3v) is 7.06. The van der Waals surface area contributed by atoms with E-state index >= 15 is 0 Å². The van der Waals surface area contributed by atoms with Gasteiger partial charge in [-0.05, 0) is 68.8 Å². The molecule has 2 heteroatoms. The Morgan fingerprint density at radius 2 is 2.13 bits per heavy atom. The van der Waals surface area contributed by atoms with E-state index in [1.54, 1.807) is 6.26 Å². The lowest BCUT2D eigenvalue weighted by atomic mass is 9.66. The first-order chi connectivity index (χ1) is 11.3. The van der Waals surface area contributed by atoms with Crippen molar-refractivity contribution in [2.24, 2.45) is 29.1 Å². The van der Waals surface area contributed by atoms with Crippen LogP contribution in [0.4, 0.5) is 0 Å². The van der Waals surface area contributed by atoms with Crippen LogP contribution in [0.3, 0.4) is 0 Å². The number of hydrogen-bond acceptors (Lipinski definition) is 2. The minimum absolute atomic E-state index is 0.410. The fourth-order valence-electron chi connectivity index (χ4n) is 5.63. The van der Waals surface area contributed by atoms with E-state index < -0.39 is 0 Å². The van der Waals surface area contributed by atoms with E-state index in [0.29, 0.717) is 11.5 Å². The molecule has 0 aromatic heterocycles. The van der Waals surface area contributed by atoms with Crippen LogP contribution in [0.2, 0.25) is 0 Å². The third-order valence-electron chi connectivity index (χ3n) is 7.06. The second kappa shape index (κ2) is 6.37. The highest BCUT2D eigenvalue weighted by molar-refractivity contribution is 5.14. The summed E-state index contributed by atoms with van der Waals surface area (Å²) >= 11 is 0. The Hall–Kier alpha value is -1.18. The van der Waals surface area contributed by atoms with Gasteiger partial charge in [0.2, 0.25) is 0 Å². The van der Waals surface area contributed by atoms with E-state index in [0.717, 1.165) is 36.7 Å². The first-order valence-electron chi connectivity index (χ1n) is 9.51. The molecule has 3 saturated carbocycles. The molecule has 4 rings (SSSR count). The van der Waals surface area contributed by atoms with Crippen molar-refractivity contribution in [2.45, 2.75) is 57.5 Å². The molecule has 4 aliphatic rings. The standard InChI is InChI=1S/C21H30O2/c1-2-22-15-21(10-6-11-21)9-3-4-12-23-20-14-16-13-19(20)18-8-5-7-17(16)18/h2,4-5,8,12,16-20H,1,3,6-7,9-11,13-15H2/b12-4+. The minimum atomic E-state index is 0.410. The van der Waals surface area contributed by atoms with E-state index in [1.807, 2.05) is 6.26 Å². The summed E-state index contributed by atoms with van der Waals surface area (Å²) < 4.78 is 11.6. The zero-order chi connectivity index (χ0) is 15.7. The van der Waals surface area contributed by atoms with Gasteiger partial charge in [-0.25, -0.2) is 0 Å². The third kappa shape index (κ3) is 2.86. The summed E-state index contributed by atoms with van der Waals surface area (Å²) in [6.45, 7) is 4.50. The topological polar surface area (TPSA) is 18.5 Å². The molecule has 0 radical (unpaired) electrons. The van der Waals surface area contributed by atoms with Crippen molar-refractivity contribution in [1.82, 2.24) is 0 Å². The number of ether oxygens (including phenoxy) is 2. The molecule has 0 aromatic carbocycles. The van der Waals surface area contributed by atoms with Crippen LogP contribution in [-0.2, 0) is 9.47 Å². The van der Waals surface area contributed by atoms with E-state index in [9.17, 15) is 0 Å². The normalized spacial score (nSPS) is 39.4. The van der Waals surface area contributed by atoms with Crippen molar-refractivity contribution < 1.29 is 9.47 Å². The Labute approximate surface area is 140 Å². The molecular weight excluding hydrogens is 284 g/mol. The highest BCUT2D eigenvalue weighted by Gasteiger charge is 2.53. The van der Waals surface area contributed by atoms with E-state index in [-0.39, 0.29) is 0 Å². The largest absolute Gasteiger partial charge is 0.501 e. The molecule has 0 aliphatic heterocycles. The molecule has 5 unspecified atom stereocenters. The Bertz CT molecular complexity index is 488. The lowest BCUT2D eigenvalue weighted by Crippen LogP contribution is -2.33. The van der Waals surface area contributed by atoms with Crippen LogP contribution >= 0.6 is 0 Å². The van der Waals surface area contributed by atoms with Gasteiger partial charge in [-0.15, -0.1) is 0 Å². The van der Waals surface area contributed by atoms with E-state index in [1.165, 1.54) is 44.9 Å². The molecule has 0 heterocycles. The maximum absolute atomic E-state index is 6.13. The summed E-state index contributed by atoms with van der Waals surface area (Å²) in [5, 5.41) is 0. The molecular formula is C21H30O2. The van der Waals surface area contributed by atoms with Crippen molar-refractivity contribution in [2.75, 3.05) is 6.61 Å². The van der Waals surface area contributed by atoms with Gasteiger partial charge in [0.1, 0.15) is 6.10 Å². The number of fused-ring (bicyclic) bond motifs is 5. The molecule has 2 nitrogen and oxygen atoms in total. The molecule has 5 atom stereocenters. The number of hydrogen-bond donors (Lipinski definition) is 0. The molecule has 126 valence electrons. The van der Waals surface area contributed by atoms with Crippen LogP contribution in [0.25, 0.3) is 0 Å². The second-order valence-electron chi connectivity index (χ2n) is 8.22. The zero-order valence-corrected chi connectivity index (χ0v) is 14.2. The molecule has 0 N–H and O–H groups in total. The Morgan fingerprint density at radius 1 is 1.22 bits per heavy atom. The maximum atomic E-state index is 6.13. The van der Waals surface area contributed by atoms with E-state index in [4.69, 9.17) is 9.47 Å². The predicted molar refractivity (Wildman–Crippen MR) is 92.6 cm³/mol. The lowest BCUT2D eigenvalue weighted by Gasteiger charge is -2.41. The van der Waals surface area contributed by atoms with Gasteiger partial charge in [0.25, 0.3) is 0 Å². The second-order valence-corrected chi connectivity index (χ2v) is 8.22. The highest BCUT2D eigenvalue weighted by Crippen LogP contribution is 2.57. The molecule has 0 spiro atoms. The summed E-state index contributed by atoms with van der Waals surface area (Å²) in [6.07, 6.45) is 21.4. The molecule has 0 amide bonds. The van der Waals surface area contributed by atoms with Gasteiger partial charge in [-0.2, -0.15) is 0 Å². The van der Waals surface area contributed by atoms with Gasteiger partial charge in [0.05, 0.1) is 19.1 Å². The van der Waals surface area contributed by atoms with Crippen molar-refractivity contribution in [1.29, 1.82) is 0 Å². The molecule has 3 fully saturated rings. The molecule has 23 heavy (non-hydrogen) atoms. The Balaban J connectivity index is 1.21. The van der Waals surface area contributed by atoms with Crippen LogP contribution in [0, 0.1) is 29.1 Å². The van der Waals surface area contributed by atoms with E-state index in [2.05, 4.69) is 24.8 Å². The van der Waals surface area contributed by atoms with Crippen molar-refractivity contribution in [3.05, 3.63) is 37.3 Å². The van der Waals surface area contributed by atoms with Crippen LogP contribution in [0.1, 0.15) is 51.4 Å². The van der Waals surface area contributed by atoms with Crippen LogP contribution in [-0.4, -0.2) is 12.7 Å². The predicted octanol–water partition coefficient (Wildman–Crippen LogP) is 5.23. The summed E-state index contributed by atoms with van der Waals surface area (Å²) in [5.74, 6) is 3.48. The average Bonchev–Trinajstić information content (AvgIpc) is 3.20. The van der Waals surface area contributed by atoms with Gasteiger partial charge < -0.3 is 9.47 Å². The monoisotopic (exact) mass is 314 g/mol. The molecule has 4 aliphatic carbocycles. The summed E-state index contributed by atoms with van der Waals surface area (Å²) in [5.41, 5.74) is 0.410. The number of allylic oxidation sites excluding steroid dienone is 3. The molecule has 0 saturated heterocycles. The van der Waals surface area contributed by atoms with Gasteiger partial charge in [0.15, 0.2) is 0 Å². The van der Waals surface area contributed by atoms with Crippen LogP contribution < -0.4 is 0 Å². The minimum Gasteiger partial charge on any atom is -0.501 e. The quantitative estimate of drug-likeness (QED) is 0.451. The van der Waals surface area contributed by atoms with Crippen LogP contribution in [0.5, 0.6) is 0 Å². The van der Waals surface area contributed by atoms with Gasteiger partial charge >= 0.3 is 0 Å². The Kier molecular flexibility index (Phi) is 4.26. The van der Waals surface area contributed by atoms with Crippen molar-refractivity contribution >= 4 is 0 Å². The highest BCUT2D eigenvalue weighted by atomic mass is 16.5. The van der Waals surface area contributed by atoms with Crippen molar-refractivity contribution in [3.8, 4) is 0 Å². The summed E-state index contributed by atoms with van der Waals surface area (Å²) in [4.78, 5) is 0. The van der Waals surface area contributed by atoms with Gasteiger partial charge in [-0.3, -0.25) is 0 Å². The average molecular weight is 314 g/mol. The first-order valence-corrected chi connectivity index (χ1v) is 9.51. The van der Waals surface area contributed by atoms with Gasteiger partial charge in [0, 0.05) is 11.3 Å². The zero-order valence-electron chi connectivity index (χ0n) is 14.2. The molecule has 2 bridgehead atoms. The Morgan fingerprint density at radius 3 is 2.91 bits per heavy atom. The fraction of sp³-hybridized carbons (Fsp3) is 0.714.